The maximum Gasteiger partial charge on any atom is 0.491 e. The van der Waals surface area contributed by atoms with Crippen molar-refractivity contribution in [3.05, 3.63) is 11.7 Å². The smallest absolute Gasteiger partial charge is 0.415 e. The molecule has 0 radical (unpaired) electrons. The van der Waals surface area contributed by atoms with E-state index >= 15 is 0 Å². The molecule has 0 saturated carbocycles. The van der Waals surface area contributed by atoms with Crippen LogP contribution in [0.15, 0.2) is 4.52 Å². The van der Waals surface area contributed by atoms with Crippen LogP contribution in [0.25, 0.3) is 0 Å². The van der Waals surface area contributed by atoms with E-state index in [0.29, 0.717) is 6.42 Å². The van der Waals surface area contributed by atoms with E-state index in [4.69, 9.17) is 5.73 Å². The molecule has 10 heteroatoms. The molecule has 0 spiro atoms. The Bertz CT molecular complexity index is 477. The van der Waals surface area contributed by atoms with Crippen molar-refractivity contribution >= 4 is 5.97 Å². The number of halogens is 3. The molecule has 0 aromatic carbocycles. The first-order valence-electron chi connectivity index (χ1n) is 5.76. The van der Waals surface area contributed by atoms with E-state index in [-0.39, 0.29) is 12.2 Å². The summed E-state index contributed by atoms with van der Waals surface area (Å²) in [6.07, 6.45) is -4.96. The van der Waals surface area contributed by atoms with Crippen molar-refractivity contribution in [2.75, 3.05) is 0 Å². The zero-order valence-corrected chi connectivity index (χ0v) is 10.8. The molecule has 0 unspecified atom stereocenters. The molecular formula is C10H14F3N3O4. The molecule has 1 aromatic heterocycles. The predicted octanol–water partition coefficient (Wildman–Crippen LogP) is 0.620. The lowest BCUT2D eigenvalue weighted by atomic mass is 10.1. The SMILES string of the molecule is CCc1noc([C@@](O)(OC(=O)C(F)(F)F)[C@@H](N)CC)n1. The Morgan fingerprint density at radius 3 is 2.50 bits per heavy atom. The van der Waals surface area contributed by atoms with Crippen molar-refractivity contribution in [1.82, 2.24) is 10.1 Å². The molecule has 0 amide bonds. The molecule has 0 aliphatic carbocycles. The lowest BCUT2D eigenvalue weighted by Gasteiger charge is -2.29. The number of hydrogen-bond acceptors (Lipinski definition) is 7. The summed E-state index contributed by atoms with van der Waals surface area (Å²) in [5.74, 6) is -5.99. The highest BCUT2D eigenvalue weighted by Crippen LogP contribution is 2.30. The summed E-state index contributed by atoms with van der Waals surface area (Å²) in [5, 5.41) is 13.5. The minimum Gasteiger partial charge on any atom is -0.415 e. The highest BCUT2D eigenvalue weighted by Gasteiger charge is 2.52. The summed E-state index contributed by atoms with van der Waals surface area (Å²) < 4.78 is 45.4. The molecule has 2 atom stereocenters. The van der Waals surface area contributed by atoms with Gasteiger partial charge in [-0.1, -0.05) is 19.0 Å². The molecule has 3 N–H and O–H groups in total. The summed E-state index contributed by atoms with van der Waals surface area (Å²) in [5.41, 5.74) is 5.50. The first kappa shape index (κ1) is 16.4. The van der Waals surface area contributed by atoms with Gasteiger partial charge in [-0.2, -0.15) is 18.2 Å². The van der Waals surface area contributed by atoms with Crippen LogP contribution in [0.4, 0.5) is 13.2 Å². The van der Waals surface area contributed by atoms with Gasteiger partial charge in [0.25, 0.3) is 0 Å². The van der Waals surface area contributed by atoms with Crippen LogP contribution >= 0.6 is 0 Å². The Morgan fingerprint density at radius 1 is 1.50 bits per heavy atom. The molecule has 0 saturated heterocycles. The van der Waals surface area contributed by atoms with Crippen molar-refractivity contribution < 1.29 is 32.3 Å². The number of esters is 1. The molecule has 1 heterocycles. The largest absolute Gasteiger partial charge is 0.491 e. The van der Waals surface area contributed by atoms with Gasteiger partial charge in [-0.15, -0.1) is 0 Å². The number of carbonyl (C=O) groups is 1. The van der Waals surface area contributed by atoms with Crippen molar-refractivity contribution in [2.45, 2.75) is 44.7 Å². The average Bonchev–Trinajstić information content (AvgIpc) is 2.85. The molecule has 0 aliphatic rings. The Hall–Kier alpha value is -1.68. The second-order valence-electron chi connectivity index (χ2n) is 3.97. The predicted molar refractivity (Wildman–Crippen MR) is 58.0 cm³/mol. The van der Waals surface area contributed by atoms with Gasteiger partial charge in [-0.3, -0.25) is 0 Å². The van der Waals surface area contributed by atoms with Crippen LogP contribution in [0, 0.1) is 0 Å². The molecule has 7 nitrogen and oxygen atoms in total. The minimum atomic E-state index is -5.28. The number of hydrogen-bond donors (Lipinski definition) is 2. The standard InChI is InChI=1S/C10H14F3N3O4/c1-3-5(14)9(18,19-8(17)10(11,12)13)7-15-6(4-2)16-20-7/h5,18H,3-4,14H2,1-2H3/t5-,9-/m0/s1. The summed E-state index contributed by atoms with van der Waals surface area (Å²) in [6.45, 7) is 3.14. The van der Waals surface area contributed by atoms with Gasteiger partial charge in [-0.25, -0.2) is 4.79 Å². The van der Waals surface area contributed by atoms with Gasteiger partial charge in [0, 0.05) is 6.42 Å². The number of rotatable bonds is 5. The maximum atomic E-state index is 12.2. The van der Waals surface area contributed by atoms with Crippen molar-refractivity contribution in [1.29, 1.82) is 0 Å². The Morgan fingerprint density at radius 2 is 2.10 bits per heavy atom. The summed E-state index contributed by atoms with van der Waals surface area (Å²) in [6, 6.07) is -1.36. The molecule has 0 aliphatic heterocycles. The highest BCUT2D eigenvalue weighted by molar-refractivity contribution is 5.76. The summed E-state index contributed by atoms with van der Waals surface area (Å²) in [7, 11) is 0. The van der Waals surface area contributed by atoms with E-state index in [1.165, 1.54) is 6.92 Å². The number of nitrogens with two attached hydrogens (primary N) is 1. The Labute approximate surface area is 111 Å². The fourth-order valence-corrected chi connectivity index (χ4v) is 1.30. The van der Waals surface area contributed by atoms with Crippen molar-refractivity contribution in [2.24, 2.45) is 5.73 Å². The molecule has 0 fully saturated rings. The molecular weight excluding hydrogens is 283 g/mol. The van der Waals surface area contributed by atoms with Crippen LogP contribution in [-0.2, 0) is 21.7 Å². The Kier molecular flexibility index (Phi) is 4.71. The topological polar surface area (TPSA) is 111 Å². The molecule has 114 valence electrons. The molecule has 1 rings (SSSR count). The fourth-order valence-electron chi connectivity index (χ4n) is 1.30. The van der Waals surface area contributed by atoms with Crippen molar-refractivity contribution in [3.8, 4) is 0 Å². The van der Waals surface area contributed by atoms with E-state index in [9.17, 15) is 23.1 Å². The third-order valence-corrected chi connectivity index (χ3v) is 2.51. The van der Waals surface area contributed by atoms with Gasteiger partial charge in [0.1, 0.15) is 0 Å². The van der Waals surface area contributed by atoms with Gasteiger partial charge in [0.15, 0.2) is 5.82 Å². The van der Waals surface area contributed by atoms with E-state index in [2.05, 4.69) is 19.4 Å². The first-order valence-corrected chi connectivity index (χ1v) is 5.76. The number of nitrogens with zero attached hydrogens (tertiary/aromatic N) is 2. The number of alkyl halides is 3. The minimum absolute atomic E-state index is 0.00543. The first-order chi connectivity index (χ1) is 9.15. The second kappa shape index (κ2) is 5.75. The maximum absolute atomic E-state index is 12.2. The molecule has 20 heavy (non-hydrogen) atoms. The van der Waals surface area contributed by atoms with Gasteiger partial charge >= 0.3 is 23.8 Å². The van der Waals surface area contributed by atoms with Crippen LogP contribution in [0.1, 0.15) is 32.0 Å². The van der Waals surface area contributed by atoms with E-state index in [1.54, 1.807) is 6.92 Å². The zero-order chi connectivity index (χ0) is 15.6. The van der Waals surface area contributed by atoms with E-state index < -0.39 is 29.9 Å². The third kappa shape index (κ3) is 3.25. The zero-order valence-electron chi connectivity index (χ0n) is 10.8. The van der Waals surface area contributed by atoms with Crippen LogP contribution in [-0.4, -0.2) is 33.4 Å². The quantitative estimate of drug-likeness (QED) is 0.605. The normalized spacial score (nSPS) is 16.6. The van der Waals surface area contributed by atoms with Gasteiger partial charge in [0.2, 0.25) is 0 Å². The van der Waals surface area contributed by atoms with Crippen LogP contribution in [0.3, 0.4) is 0 Å². The van der Waals surface area contributed by atoms with Gasteiger partial charge < -0.3 is 20.1 Å². The van der Waals surface area contributed by atoms with Gasteiger partial charge in [0.05, 0.1) is 6.04 Å². The van der Waals surface area contributed by atoms with E-state index in [0.717, 1.165) is 0 Å². The summed E-state index contributed by atoms with van der Waals surface area (Å²) >= 11 is 0. The lowest BCUT2D eigenvalue weighted by Crippen LogP contribution is -2.50. The average molecular weight is 297 g/mol. The van der Waals surface area contributed by atoms with Crippen LogP contribution in [0.5, 0.6) is 0 Å². The van der Waals surface area contributed by atoms with E-state index in [1.807, 2.05) is 0 Å². The van der Waals surface area contributed by atoms with Crippen LogP contribution < -0.4 is 5.73 Å². The van der Waals surface area contributed by atoms with Crippen LogP contribution in [0.2, 0.25) is 0 Å². The Balaban J connectivity index is 3.13. The summed E-state index contributed by atoms with van der Waals surface area (Å²) in [4.78, 5) is 14.6. The highest BCUT2D eigenvalue weighted by atomic mass is 19.4. The second-order valence-corrected chi connectivity index (χ2v) is 3.97. The van der Waals surface area contributed by atoms with Crippen molar-refractivity contribution in [3.63, 3.8) is 0 Å². The number of aromatic nitrogens is 2. The monoisotopic (exact) mass is 297 g/mol. The number of aryl methyl sites for hydroxylation is 1. The fraction of sp³-hybridized carbons (Fsp3) is 0.700. The van der Waals surface area contributed by atoms with Gasteiger partial charge in [-0.05, 0) is 6.42 Å². The number of carbonyl (C=O) groups excluding carboxylic acids is 1. The molecule has 0 bridgehead atoms. The number of aliphatic hydroxyl groups is 1. The number of ether oxygens (including phenoxy) is 1. The molecule has 1 aromatic rings. The lowest BCUT2D eigenvalue weighted by molar-refractivity contribution is -0.266. The third-order valence-electron chi connectivity index (χ3n) is 2.51.